The molecule has 0 bridgehead atoms. The average molecular weight is 348 g/mol. The average Bonchev–Trinajstić information content (AvgIpc) is 2.59. The van der Waals surface area contributed by atoms with Crippen LogP contribution in [0.1, 0.15) is 19.8 Å². The lowest BCUT2D eigenvalue weighted by atomic mass is 9.99. The molecule has 3 aliphatic rings. The van der Waals surface area contributed by atoms with Crippen molar-refractivity contribution in [1.29, 1.82) is 0 Å². The highest BCUT2D eigenvalue weighted by Gasteiger charge is 2.54. The van der Waals surface area contributed by atoms with Crippen LogP contribution < -0.4 is 5.32 Å². The number of hydrogen-bond donors (Lipinski definition) is 2. The van der Waals surface area contributed by atoms with Gasteiger partial charge < -0.3 is 10.4 Å². The van der Waals surface area contributed by atoms with Crippen molar-refractivity contribution in [3.05, 3.63) is 35.1 Å². The van der Waals surface area contributed by atoms with Crippen molar-refractivity contribution in [3.63, 3.8) is 0 Å². The summed E-state index contributed by atoms with van der Waals surface area (Å²) in [5.41, 5.74) is 0.995. The van der Waals surface area contributed by atoms with Gasteiger partial charge in [0, 0.05) is 11.3 Å². The number of aliphatic carboxylic acids is 1. The number of hydrogen-bond acceptors (Lipinski definition) is 5. The van der Waals surface area contributed by atoms with Crippen molar-refractivity contribution < 1.29 is 24.3 Å². The minimum atomic E-state index is -1.16. The van der Waals surface area contributed by atoms with Crippen molar-refractivity contribution in [1.82, 2.24) is 10.2 Å². The standard InChI is InChI=1S/C16H16N2O5S/c1-8-7-24-15-10(14(21)18(15)11(8)16(22)23)17-13(20)12(19)9-5-3-2-4-6-9/h2-3,6,10,15H,4-5,7H2,1H3,(H,17,20)(H,22,23)/t10-,15-/m1/s1. The van der Waals surface area contributed by atoms with E-state index in [2.05, 4.69) is 5.32 Å². The molecule has 1 saturated heterocycles. The molecule has 0 aromatic carbocycles. The smallest absolute Gasteiger partial charge is 0.352 e. The van der Waals surface area contributed by atoms with Gasteiger partial charge in [-0.25, -0.2) is 4.79 Å². The molecular formula is C16H16N2O5S. The predicted molar refractivity (Wildman–Crippen MR) is 86.8 cm³/mol. The Bertz CT molecular complexity index is 737. The van der Waals surface area contributed by atoms with Crippen LogP contribution in [0, 0.1) is 0 Å². The van der Waals surface area contributed by atoms with E-state index in [9.17, 15) is 24.3 Å². The number of carbonyl (C=O) groups excluding carboxylic acids is 3. The van der Waals surface area contributed by atoms with E-state index in [0.29, 0.717) is 29.7 Å². The second-order valence-electron chi connectivity index (χ2n) is 5.76. The quantitative estimate of drug-likeness (QED) is 0.438. The number of allylic oxidation sites excluding steroid dienone is 3. The number of nitrogens with zero attached hydrogens (tertiary/aromatic N) is 1. The number of carbonyl (C=O) groups is 4. The maximum Gasteiger partial charge on any atom is 0.352 e. The third-order valence-corrected chi connectivity index (χ3v) is 5.57. The molecule has 0 aromatic rings. The van der Waals surface area contributed by atoms with E-state index >= 15 is 0 Å². The van der Waals surface area contributed by atoms with Crippen molar-refractivity contribution in [2.45, 2.75) is 31.2 Å². The van der Waals surface area contributed by atoms with Gasteiger partial charge in [-0.3, -0.25) is 19.3 Å². The first-order chi connectivity index (χ1) is 11.4. The van der Waals surface area contributed by atoms with Crippen molar-refractivity contribution in [2.24, 2.45) is 0 Å². The molecule has 1 aliphatic carbocycles. The minimum Gasteiger partial charge on any atom is -0.477 e. The van der Waals surface area contributed by atoms with Gasteiger partial charge in [-0.1, -0.05) is 18.2 Å². The monoisotopic (exact) mass is 348 g/mol. The number of carboxylic acid groups (broad SMARTS) is 1. The van der Waals surface area contributed by atoms with Crippen LogP contribution >= 0.6 is 11.8 Å². The molecule has 2 atom stereocenters. The highest BCUT2D eigenvalue weighted by molar-refractivity contribution is 8.00. The molecule has 8 heteroatoms. The normalized spacial score (nSPS) is 25.6. The van der Waals surface area contributed by atoms with E-state index in [1.807, 2.05) is 12.2 Å². The molecule has 3 rings (SSSR count). The lowest BCUT2D eigenvalue weighted by molar-refractivity contribution is -0.151. The second kappa shape index (κ2) is 6.27. The predicted octanol–water partition coefficient (Wildman–Crippen LogP) is 0.590. The van der Waals surface area contributed by atoms with Gasteiger partial charge in [0.05, 0.1) is 0 Å². The van der Waals surface area contributed by atoms with Crippen LogP contribution in [0.5, 0.6) is 0 Å². The lowest BCUT2D eigenvalue weighted by Gasteiger charge is -2.49. The second-order valence-corrected chi connectivity index (χ2v) is 6.87. The van der Waals surface area contributed by atoms with E-state index in [1.165, 1.54) is 16.7 Å². The first-order valence-electron chi connectivity index (χ1n) is 7.48. The van der Waals surface area contributed by atoms with Crippen LogP contribution in [-0.2, 0) is 19.2 Å². The first-order valence-corrected chi connectivity index (χ1v) is 8.53. The number of thioether (sulfide) groups is 1. The fraction of sp³-hybridized carbons (Fsp3) is 0.375. The Morgan fingerprint density at radius 3 is 2.71 bits per heavy atom. The van der Waals surface area contributed by atoms with Gasteiger partial charge in [0.1, 0.15) is 17.1 Å². The van der Waals surface area contributed by atoms with E-state index in [4.69, 9.17) is 0 Å². The Balaban J connectivity index is 1.69. The highest BCUT2D eigenvalue weighted by atomic mass is 32.2. The molecule has 0 unspecified atom stereocenters. The van der Waals surface area contributed by atoms with Crippen molar-refractivity contribution >= 4 is 35.3 Å². The molecule has 0 spiro atoms. The Hall–Kier alpha value is -2.35. The third-order valence-electron chi connectivity index (χ3n) is 4.15. The van der Waals surface area contributed by atoms with Gasteiger partial charge in [0.25, 0.3) is 11.8 Å². The summed E-state index contributed by atoms with van der Waals surface area (Å²) in [6.45, 7) is 1.67. The molecular weight excluding hydrogens is 332 g/mol. The maximum absolute atomic E-state index is 12.3. The van der Waals surface area contributed by atoms with Crippen molar-refractivity contribution in [2.75, 3.05) is 5.75 Å². The number of carboxylic acids is 1. The van der Waals surface area contributed by atoms with Gasteiger partial charge in [-0.15, -0.1) is 11.8 Å². The first kappa shape index (κ1) is 16.5. The molecule has 126 valence electrons. The third kappa shape index (κ3) is 2.66. The molecule has 2 amide bonds. The summed E-state index contributed by atoms with van der Waals surface area (Å²) in [6, 6.07) is -0.867. The van der Waals surface area contributed by atoms with Crippen LogP contribution in [-0.4, -0.2) is 50.7 Å². The fourth-order valence-electron chi connectivity index (χ4n) is 2.91. The molecule has 0 radical (unpaired) electrons. The minimum absolute atomic E-state index is 0.0271. The molecule has 2 heterocycles. The number of ketones is 1. The number of amides is 2. The zero-order valence-electron chi connectivity index (χ0n) is 12.9. The molecule has 2 N–H and O–H groups in total. The molecule has 7 nitrogen and oxygen atoms in total. The Kier molecular flexibility index (Phi) is 4.31. The van der Waals surface area contributed by atoms with E-state index < -0.39 is 35.0 Å². The summed E-state index contributed by atoms with van der Waals surface area (Å²) in [5.74, 6) is -2.66. The van der Waals surface area contributed by atoms with E-state index in [0.717, 1.165) is 0 Å². The summed E-state index contributed by atoms with van der Waals surface area (Å²) in [6.07, 6.45) is 6.43. The summed E-state index contributed by atoms with van der Waals surface area (Å²) in [4.78, 5) is 49.0. The summed E-state index contributed by atoms with van der Waals surface area (Å²) in [7, 11) is 0. The Morgan fingerprint density at radius 1 is 1.33 bits per heavy atom. The number of β-lactam (4-membered cyclic amide) rings is 1. The zero-order chi connectivity index (χ0) is 17.4. The number of Topliss-reactive ketones (excluding diaryl/α,β-unsaturated/α-hetero) is 1. The van der Waals surface area contributed by atoms with Crippen molar-refractivity contribution in [3.8, 4) is 0 Å². The topological polar surface area (TPSA) is 104 Å². The van der Waals surface area contributed by atoms with Crippen LogP contribution in [0.2, 0.25) is 0 Å². The van der Waals surface area contributed by atoms with Gasteiger partial charge in [0.2, 0.25) is 5.78 Å². The summed E-state index contributed by atoms with van der Waals surface area (Å²) >= 11 is 1.38. The molecule has 2 aliphatic heterocycles. The summed E-state index contributed by atoms with van der Waals surface area (Å²) < 4.78 is 0. The molecule has 1 fully saturated rings. The summed E-state index contributed by atoms with van der Waals surface area (Å²) in [5, 5.41) is 11.2. The lowest BCUT2D eigenvalue weighted by Crippen LogP contribution is -2.71. The molecule has 0 aromatic heterocycles. The van der Waals surface area contributed by atoms with Crippen LogP contribution in [0.3, 0.4) is 0 Å². The number of nitrogens with one attached hydrogen (secondary N) is 1. The van der Waals surface area contributed by atoms with Gasteiger partial charge in [-0.05, 0) is 25.3 Å². The van der Waals surface area contributed by atoms with Crippen LogP contribution in [0.25, 0.3) is 0 Å². The van der Waals surface area contributed by atoms with Gasteiger partial charge in [0.15, 0.2) is 0 Å². The Morgan fingerprint density at radius 2 is 2.08 bits per heavy atom. The van der Waals surface area contributed by atoms with E-state index in [-0.39, 0.29) is 5.70 Å². The fourth-order valence-corrected chi connectivity index (χ4v) is 4.21. The van der Waals surface area contributed by atoms with Crippen LogP contribution in [0.15, 0.2) is 35.1 Å². The Labute approximate surface area is 142 Å². The van der Waals surface area contributed by atoms with E-state index in [1.54, 1.807) is 13.0 Å². The number of fused-ring (bicyclic) bond motifs is 1. The largest absolute Gasteiger partial charge is 0.477 e. The van der Waals surface area contributed by atoms with Gasteiger partial charge in [-0.2, -0.15) is 0 Å². The zero-order valence-corrected chi connectivity index (χ0v) is 13.8. The highest BCUT2D eigenvalue weighted by Crippen LogP contribution is 2.40. The maximum atomic E-state index is 12.3. The molecule has 24 heavy (non-hydrogen) atoms. The molecule has 0 saturated carbocycles. The number of rotatable bonds is 4. The van der Waals surface area contributed by atoms with Gasteiger partial charge >= 0.3 is 5.97 Å². The SMILES string of the molecule is CC1=C(C(=O)O)N2C(=O)[C@@H](NC(=O)C(=O)C3=CCC=CC3)[C@H]2SC1. The van der Waals surface area contributed by atoms with Crippen LogP contribution in [0.4, 0.5) is 0 Å².